The first kappa shape index (κ1) is 19.1. The van der Waals surface area contributed by atoms with Crippen molar-refractivity contribution in [1.82, 2.24) is 4.31 Å². The third-order valence-electron chi connectivity index (χ3n) is 4.50. The first-order valence-corrected chi connectivity index (χ1v) is 9.98. The Morgan fingerprint density at radius 1 is 1.04 bits per heavy atom. The number of aryl methyl sites for hydroxylation is 1. The van der Waals surface area contributed by atoms with Gasteiger partial charge in [-0.05, 0) is 55.7 Å². The molecule has 2 aromatic rings. The van der Waals surface area contributed by atoms with Gasteiger partial charge in [-0.15, -0.1) is 0 Å². The summed E-state index contributed by atoms with van der Waals surface area (Å²) in [5, 5.41) is 11.6. The first-order valence-electron chi connectivity index (χ1n) is 8.54. The van der Waals surface area contributed by atoms with Crippen LogP contribution < -0.4 is 5.32 Å². The average molecular weight is 388 g/mol. The van der Waals surface area contributed by atoms with Crippen molar-refractivity contribution in [3.63, 3.8) is 0 Å². The van der Waals surface area contributed by atoms with E-state index in [1.165, 1.54) is 28.6 Å². The summed E-state index contributed by atoms with van der Waals surface area (Å²) in [4.78, 5) is 23.7. The zero-order valence-corrected chi connectivity index (χ0v) is 15.6. The molecule has 1 amide bonds. The summed E-state index contributed by atoms with van der Waals surface area (Å²) in [5.74, 6) is -1.60. The van der Waals surface area contributed by atoms with Crippen molar-refractivity contribution >= 4 is 27.6 Å². The van der Waals surface area contributed by atoms with Crippen LogP contribution in [0.4, 0.5) is 5.69 Å². The van der Waals surface area contributed by atoms with E-state index in [1.54, 1.807) is 25.1 Å². The molecule has 1 aliphatic rings. The number of carboxylic acid groups (broad SMARTS) is 1. The summed E-state index contributed by atoms with van der Waals surface area (Å²) in [7, 11) is -3.64. The predicted molar refractivity (Wildman–Crippen MR) is 101 cm³/mol. The largest absolute Gasteiger partial charge is 0.478 e. The van der Waals surface area contributed by atoms with Crippen LogP contribution >= 0.6 is 0 Å². The van der Waals surface area contributed by atoms with E-state index in [2.05, 4.69) is 5.32 Å². The summed E-state index contributed by atoms with van der Waals surface area (Å²) in [6, 6.07) is 10.4. The van der Waals surface area contributed by atoms with Gasteiger partial charge < -0.3 is 10.4 Å². The summed E-state index contributed by atoms with van der Waals surface area (Å²) >= 11 is 0. The van der Waals surface area contributed by atoms with Gasteiger partial charge in [-0.2, -0.15) is 4.31 Å². The van der Waals surface area contributed by atoms with Crippen LogP contribution in [0.5, 0.6) is 0 Å². The fourth-order valence-electron chi connectivity index (χ4n) is 3.02. The van der Waals surface area contributed by atoms with Crippen molar-refractivity contribution in [1.29, 1.82) is 0 Å². The van der Waals surface area contributed by atoms with Gasteiger partial charge in [-0.25, -0.2) is 13.2 Å². The van der Waals surface area contributed by atoms with Gasteiger partial charge in [0.05, 0.1) is 10.5 Å². The van der Waals surface area contributed by atoms with Crippen LogP contribution in [0.1, 0.15) is 39.1 Å². The van der Waals surface area contributed by atoms with Crippen molar-refractivity contribution in [3.8, 4) is 0 Å². The van der Waals surface area contributed by atoms with Crippen LogP contribution in [0, 0.1) is 6.92 Å². The Morgan fingerprint density at radius 2 is 1.74 bits per heavy atom. The monoisotopic (exact) mass is 388 g/mol. The van der Waals surface area contributed by atoms with E-state index in [1.807, 2.05) is 0 Å². The summed E-state index contributed by atoms with van der Waals surface area (Å²) in [5.41, 5.74) is 1.14. The highest BCUT2D eigenvalue weighted by molar-refractivity contribution is 7.89. The molecule has 0 unspecified atom stereocenters. The second-order valence-electron chi connectivity index (χ2n) is 6.43. The minimum Gasteiger partial charge on any atom is -0.478 e. The highest BCUT2D eigenvalue weighted by atomic mass is 32.2. The van der Waals surface area contributed by atoms with Crippen molar-refractivity contribution in [2.45, 2.75) is 24.7 Å². The third kappa shape index (κ3) is 4.01. The van der Waals surface area contributed by atoms with Crippen LogP contribution in [0.25, 0.3) is 0 Å². The second kappa shape index (κ2) is 7.50. The molecule has 0 atom stereocenters. The number of hydrogen-bond donors (Lipinski definition) is 2. The van der Waals surface area contributed by atoms with Gasteiger partial charge in [0.25, 0.3) is 5.91 Å². The van der Waals surface area contributed by atoms with Crippen LogP contribution in [0.2, 0.25) is 0 Å². The maximum Gasteiger partial charge on any atom is 0.335 e. The van der Waals surface area contributed by atoms with Gasteiger partial charge >= 0.3 is 5.97 Å². The lowest BCUT2D eigenvalue weighted by atomic mass is 10.1. The van der Waals surface area contributed by atoms with E-state index in [-0.39, 0.29) is 16.0 Å². The molecule has 0 spiro atoms. The van der Waals surface area contributed by atoms with Crippen molar-refractivity contribution in [2.24, 2.45) is 0 Å². The number of carbonyl (C=O) groups excluding carboxylic acids is 1. The number of rotatable bonds is 5. The van der Waals surface area contributed by atoms with Crippen LogP contribution in [-0.4, -0.2) is 42.8 Å². The Morgan fingerprint density at radius 3 is 2.41 bits per heavy atom. The minimum atomic E-state index is -3.64. The van der Waals surface area contributed by atoms with E-state index in [9.17, 15) is 18.0 Å². The zero-order valence-electron chi connectivity index (χ0n) is 14.8. The fourth-order valence-corrected chi connectivity index (χ4v) is 4.79. The molecule has 0 radical (unpaired) electrons. The van der Waals surface area contributed by atoms with Crippen molar-refractivity contribution in [2.75, 3.05) is 18.4 Å². The lowest BCUT2D eigenvalue weighted by molar-refractivity contribution is 0.0696. The average Bonchev–Trinajstić information content (AvgIpc) is 3.17. The summed E-state index contributed by atoms with van der Waals surface area (Å²) in [6.45, 7) is 2.67. The normalized spacial score (nSPS) is 14.9. The third-order valence-corrected chi connectivity index (χ3v) is 6.54. The Labute approximate surface area is 157 Å². The van der Waals surface area contributed by atoms with Crippen LogP contribution in [-0.2, 0) is 10.0 Å². The first-order chi connectivity index (χ1) is 12.8. The number of carboxylic acids is 1. The van der Waals surface area contributed by atoms with E-state index in [4.69, 9.17) is 5.11 Å². The van der Waals surface area contributed by atoms with Gasteiger partial charge in [0.15, 0.2) is 0 Å². The second-order valence-corrected chi connectivity index (χ2v) is 8.34. The number of aromatic carboxylic acids is 1. The Kier molecular flexibility index (Phi) is 5.29. The molecule has 8 heteroatoms. The molecule has 1 fully saturated rings. The Balaban J connectivity index is 1.88. The molecule has 2 aromatic carbocycles. The molecule has 0 bridgehead atoms. The van der Waals surface area contributed by atoms with Crippen LogP contribution in [0.15, 0.2) is 47.4 Å². The lowest BCUT2D eigenvalue weighted by Gasteiger charge is -2.18. The molecule has 1 heterocycles. The SMILES string of the molecule is Cc1ccc(C(=O)Nc2cccc(C(=O)O)c2)cc1S(=O)(=O)N1CCCC1. The van der Waals surface area contributed by atoms with Crippen molar-refractivity contribution in [3.05, 3.63) is 59.2 Å². The topological polar surface area (TPSA) is 104 Å². The molecule has 2 N–H and O–H groups in total. The van der Waals surface area contributed by atoms with E-state index >= 15 is 0 Å². The Hall–Kier alpha value is -2.71. The number of carbonyl (C=O) groups is 2. The lowest BCUT2D eigenvalue weighted by Crippen LogP contribution is -2.28. The molecule has 3 rings (SSSR count). The summed E-state index contributed by atoms with van der Waals surface area (Å²) < 4.78 is 27.1. The van der Waals surface area contributed by atoms with Gasteiger partial charge in [0.1, 0.15) is 0 Å². The fraction of sp³-hybridized carbons (Fsp3) is 0.263. The highest BCUT2D eigenvalue weighted by Crippen LogP contribution is 2.25. The van der Waals surface area contributed by atoms with E-state index in [0.29, 0.717) is 24.3 Å². The predicted octanol–water partition coefficient (Wildman–Crippen LogP) is 2.73. The zero-order chi connectivity index (χ0) is 19.6. The molecule has 7 nitrogen and oxygen atoms in total. The van der Waals surface area contributed by atoms with Gasteiger partial charge in [0.2, 0.25) is 10.0 Å². The summed E-state index contributed by atoms with van der Waals surface area (Å²) in [6.07, 6.45) is 1.66. The molecular formula is C19H20N2O5S. The minimum absolute atomic E-state index is 0.0500. The van der Waals surface area contributed by atoms with Gasteiger partial charge in [0, 0.05) is 24.3 Å². The number of nitrogens with one attached hydrogen (secondary N) is 1. The Bertz CT molecular complexity index is 995. The number of benzene rings is 2. The number of hydrogen-bond acceptors (Lipinski definition) is 4. The molecule has 1 aliphatic heterocycles. The van der Waals surface area contributed by atoms with Crippen molar-refractivity contribution < 1.29 is 23.1 Å². The van der Waals surface area contributed by atoms with E-state index in [0.717, 1.165) is 12.8 Å². The molecule has 0 saturated carbocycles. The number of anilines is 1. The molecule has 27 heavy (non-hydrogen) atoms. The maximum atomic E-state index is 12.8. The molecule has 1 saturated heterocycles. The number of nitrogens with zero attached hydrogens (tertiary/aromatic N) is 1. The molecule has 142 valence electrons. The smallest absolute Gasteiger partial charge is 0.335 e. The quantitative estimate of drug-likeness (QED) is 0.820. The maximum absolute atomic E-state index is 12.8. The number of amides is 1. The van der Waals surface area contributed by atoms with E-state index < -0.39 is 21.9 Å². The molecular weight excluding hydrogens is 368 g/mol. The van der Waals surface area contributed by atoms with Crippen LogP contribution in [0.3, 0.4) is 0 Å². The molecule has 0 aliphatic carbocycles. The standard InChI is InChI=1S/C19H20N2O5S/c1-13-7-8-14(12-17(13)27(25,26)21-9-2-3-10-21)18(22)20-16-6-4-5-15(11-16)19(23)24/h4-8,11-12H,2-3,9-10H2,1H3,(H,20,22)(H,23,24). The van der Waals surface area contributed by atoms with Gasteiger partial charge in [-0.1, -0.05) is 12.1 Å². The van der Waals surface area contributed by atoms with Gasteiger partial charge in [-0.3, -0.25) is 4.79 Å². The number of sulfonamides is 1. The highest BCUT2D eigenvalue weighted by Gasteiger charge is 2.29. The molecule has 0 aromatic heterocycles.